The summed E-state index contributed by atoms with van der Waals surface area (Å²) in [6, 6.07) is 104. The van der Waals surface area contributed by atoms with Crippen molar-refractivity contribution in [1.82, 2.24) is 9.13 Å². The highest BCUT2D eigenvalue weighted by Gasteiger charge is 2.48. The first-order chi connectivity index (χ1) is 39.0. The highest BCUT2D eigenvalue weighted by atomic mass is 31.1. The van der Waals surface area contributed by atoms with Crippen molar-refractivity contribution in [2.75, 3.05) is 0 Å². The molecule has 1 aliphatic carbocycles. The number of halogens is 2. The number of rotatable bonds is 10. The van der Waals surface area contributed by atoms with Crippen LogP contribution in [0.2, 0.25) is 0 Å². The Bertz CT molecular complexity index is 4240. The maximum atomic E-state index is 14.6. The van der Waals surface area contributed by atoms with Gasteiger partial charge in [0, 0.05) is 32.9 Å². The molecule has 0 unspecified atom stereocenters. The second kappa shape index (κ2) is 19.2. The highest BCUT2D eigenvalue weighted by Crippen LogP contribution is 2.58. The third kappa shape index (κ3) is 7.66. The monoisotopic (exact) mass is 1050 g/mol. The average Bonchev–Trinajstić information content (AvgIpc) is 3.88. The molecule has 12 aromatic carbocycles. The van der Waals surface area contributed by atoms with E-state index < -0.39 is 21.3 Å². The van der Waals surface area contributed by atoms with Crippen molar-refractivity contribution < 1.29 is 8.78 Å². The predicted octanol–water partition coefficient (Wildman–Crippen LogP) is 16.0. The largest absolute Gasteiger partial charge is 0.309 e. The second-order valence-corrected chi connectivity index (χ2v) is 24.8. The first-order valence-corrected chi connectivity index (χ1v) is 29.4. The van der Waals surface area contributed by atoms with Gasteiger partial charge in [-0.05, 0) is 178 Å². The van der Waals surface area contributed by atoms with Crippen LogP contribution < -0.4 is 31.8 Å². The van der Waals surface area contributed by atoms with E-state index in [4.69, 9.17) is 0 Å². The van der Waals surface area contributed by atoms with Crippen LogP contribution in [0.1, 0.15) is 22.3 Å². The van der Waals surface area contributed by atoms with Crippen molar-refractivity contribution in [3.05, 3.63) is 325 Å². The number of para-hydroxylation sites is 2. The van der Waals surface area contributed by atoms with Gasteiger partial charge in [-0.25, -0.2) is 8.78 Å². The van der Waals surface area contributed by atoms with Crippen LogP contribution in [-0.4, -0.2) is 9.13 Å². The van der Waals surface area contributed by atoms with Crippen molar-refractivity contribution >= 4 is 91.3 Å². The minimum Gasteiger partial charge on any atom is -0.309 e. The summed E-state index contributed by atoms with van der Waals surface area (Å²) in [5, 5.41) is 12.1. The smallest absolute Gasteiger partial charge is 0.123 e. The Morgan fingerprint density at radius 1 is 0.266 bits per heavy atom. The van der Waals surface area contributed by atoms with E-state index in [1.165, 1.54) is 54.1 Å². The maximum Gasteiger partial charge on any atom is 0.123 e. The Kier molecular flexibility index (Phi) is 11.4. The molecule has 0 atom stereocenters. The summed E-state index contributed by atoms with van der Waals surface area (Å²) in [4.78, 5) is 0. The number of aromatic nitrogens is 2. The van der Waals surface area contributed by atoms with Gasteiger partial charge in [-0.1, -0.05) is 194 Å². The number of hydrogen-bond donors (Lipinski definition) is 0. The molecule has 1 aliphatic rings. The zero-order valence-corrected chi connectivity index (χ0v) is 44.5. The average molecular weight is 1050 g/mol. The molecule has 374 valence electrons. The zero-order valence-electron chi connectivity index (χ0n) is 42.8. The molecular formula is C73H48F2N2P2. The van der Waals surface area contributed by atoms with E-state index in [2.05, 4.69) is 252 Å². The molecule has 0 fully saturated rings. The van der Waals surface area contributed by atoms with E-state index in [0.717, 1.165) is 66.1 Å². The maximum absolute atomic E-state index is 14.6. The van der Waals surface area contributed by atoms with Crippen LogP contribution in [0.4, 0.5) is 8.78 Å². The van der Waals surface area contributed by atoms with Crippen molar-refractivity contribution in [2.45, 2.75) is 5.41 Å². The first kappa shape index (κ1) is 47.2. The zero-order chi connectivity index (χ0) is 52.6. The van der Waals surface area contributed by atoms with Gasteiger partial charge >= 0.3 is 0 Å². The Morgan fingerprint density at radius 2 is 0.595 bits per heavy atom. The van der Waals surface area contributed by atoms with Gasteiger partial charge in [0.1, 0.15) is 11.6 Å². The van der Waals surface area contributed by atoms with Crippen molar-refractivity contribution in [2.24, 2.45) is 0 Å². The van der Waals surface area contributed by atoms with E-state index in [-0.39, 0.29) is 11.6 Å². The normalized spacial score (nSPS) is 12.8. The molecular weight excluding hydrogens is 1000 g/mol. The molecule has 0 saturated carbocycles. The summed E-state index contributed by atoms with van der Waals surface area (Å²) in [6.07, 6.45) is 0. The van der Waals surface area contributed by atoms with Crippen LogP contribution in [0, 0.1) is 11.6 Å². The van der Waals surface area contributed by atoms with Gasteiger partial charge in [0.15, 0.2) is 0 Å². The van der Waals surface area contributed by atoms with Gasteiger partial charge in [-0.15, -0.1) is 0 Å². The van der Waals surface area contributed by atoms with Crippen LogP contribution in [0.25, 0.3) is 66.1 Å². The quantitative estimate of drug-likeness (QED) is 0.121. The van der Waals surface area contributed by atoms with Crippen LogP contribution >= 0.6 is 15.8 Å². The molecule has 14 aromatic rings. The van der Waals surface area contributed by atoms with Gasteiger partial charge in [-0.3, -0.25) is 0 Å². The lowest BCUT2D eigenvalue weighted by Crippen LogP contribution is -2.31. The SMILES string of the molecule is Fc1ccc(-n2c3ccccc3c3cc(C4(c5ccc6c(c5)c5ccccc5n6-c5ccc(F)cc5)c5cc(P(c6ccccc6)c6ccccc6)ccc5-c5ccc(P(c6ccccc6)c6ccccc6)cc54)ccc32)cc1. The van der Waals surface area contributed by atoms with Crippen molar-refractivity contribution in [1.29, 1.82) is 0 Å². The molecule has 0 N–H and O–H groups in total. The summed E-state index contributed by atoms with van der Waals surface area (Å²) >= 11 is 0. The summed E-state index contributed by atoms with van der Waals surface area (Å²) in [6.45, 7) is 0. The third-order valence-electron chi connectivity index (χ3n) is 16.1. The molecule has 0 aliphatic heterocycles. The van der Waals surface area contributed by atoms with E-state index in [1.807, 2.05) is 24.3 Å². The summed E-state index contributed by atoms with van der Waals surface area (Å²) < 4.78 is 33.8. The fraction of sp³-hybridized carbons (Fsp3) is 0.0137. The molecule has 0 spiro atoms. The van der Waals surface area contributed by atoms with Crippen LogP contribution in [0.5, 0.6) is 0 Å². The molecule has 15 rings (SSSR count). The van der Waals surface area contributed by atoms with Crippen LogP contribution in [-0.2, 0) is 5.41 Å². The lowest BCUT2D eigenvalue weighted by atomic mass is 9.67. The molecule has 79 heavy (non-hydrogen) atoms. The Balaban J connectivity index is 1.09. The molecule has 2 nitrogen and oxygen atoms in total. The second-order valence-electron chi connectivity index (χ2n) is 20.3. The number of fused-ring (bicyclic) bond motifs is 9. The van der Waals surface area contributed by atoms with Crippen LogP contribution in [0.15, 0.2) is 291 Å². The van der Waals surface area contributed by atoms with E-state index in [9.17, 15) is 8.78 Å². The Morgan fingerprint density at radius 3 is 0.962 bits per heavy atom. The molecule has 6 heteroatoms. The van der Waals surface area contributed by atoms with E-state index >= 15 is 0 Å². The van der Waals surface area contributed by atoms with Gasteiger partial charge in [-0.2, -0.15) is 0 Å². The molecule has 0 bridgehead atoms. The third-order valence-corrected chi connectivity index (χ3v) is 20.9. The molecule has 0 saturated heterocycles. The lowest BCUT2D eigenvalue weighted by molar-refractivity contribution is 0.627. The molecule has 0 radical (unpaired) electrons. The Hall–Kier alpha value is -9.04. The minimum absolute atomic E-state index is 0.268. The van der Waals surface area contributed by atoms with Crippen molar-refractivity contribution in [3.63, 3.8) is 0 Å². The van der Waals surface area contributed by atoms with E-state index in [1.54, 1.807) is 24.3 Å². The van der Waals surface area contributed by atoms with Gasteiger partial charge in [0.05, 0.1) is 27.5 Å². The standard InChI is InChI=1S/C73H48F2N2P2/c74-51-31-35-53(36-32-51)76-69-27-15-13-25-63(69)65-45-49(29-43-71(65)76)73(50-30-44-72-66(46-50)64-26-14-16-28-70(64)77(72)54-37-33-52(75)34-38-54)67-47-59(78(55-17-5-1-6-18-55)56-19-7-2-8-20-56)39-41-61(67)62-42-40-60(48-68(62)73)79(57-21-9-3-10-22-57)58-23-11-4-12-24-58/h1-48H. The van der Waals surface area contributed by atoms with Crippen molar-refractivity contribution in [3.8, 4) is 22.5 Å². The number of hydrogen-bond acceptors (Lipinski definition) is 0. The summed E-state index contributed by atoms with van der Waals surface area (Å²) in [5.41, 5.74) is 12.2. The molecule has 0 amide bonds. The minimum atomic E-state index is -0.995. The first-order valence-electron chi connectivity index (χ1n) is 26.7. The van der Waals surface area contributed by atoms with Gasteiger partial charge in [0.25, 0.3) is 0 Å². The topological polar surface area (TPSA) is 9.86 Å². The molecule has 2 aromatic heterocycles. The fourth-order valence-electron chi connectivity index (χ4n) is 12.7. The molecule has 2 heterocycles. The van der Waals surface area contributed by atoms with Crippen LogP contribution in [0.3, 0.4) is 0 Å². The van der Waals surface area contributed by atoms with Gasteiger partial charge in [0.2, 0.25) is 0 Å². The Labute approximate surface area is 459 Å². The van der Waals surface area contributed by atoms with Gasteiger partial charge < -0.3 is 9.13 Å². The lowest BCUT2D eigenvalue weighted by Gasteiger charge is -2.35. The number of benzene rings is 12. The van der Waals surface area contributed by atoms with E-state index in [0.29, 0.717) is 0 Å². The predicted molar refractivity (Wildman–Crippen MR) is 330 cm³/mol. The fourth-order valence-corrected chi connectivity index (χ4v) is 17.4. The summed E-state index contributed by atoms with van der Waals surface area (Å²) in [7, 11) is -1.99. The highest BCUT2D eigenvalue weighted by molar-refractivity contribution is 7.80. The number of nitrogens with zero attached hydrogens (tertiary/aromatic N) is 2. The summed E-state index contributed by atoms with van der Waals surface area (Å²) in [5.74, 6) is -0.537.